The molecule has 1 aromatic carbocycles. The molecule has 4 nitrogen and oxygen atoms in total. The van der Waals surface area contributed by atoms with Crippen molar-refractivity contribution in [1.82, 2.24) is 4.90 Å². The molecule has 6 heteroatoms. The van der Waals surface area contributed by atoms with Crippen molar-refractivity contribution in [3.63, 3.8) is 0 Å². The lowest BCUT2D eigenvalue weighted by Crippen LogP contribution is -2.39. The minimum atomic E-state index is -0.248. The number of rotatable bonds is 6. The lowest BCUT2D eigenvalue weighted by atomic mass is 10.3. The van der Waals surface area contributed by atoms with Crippen LogP contribution < -0.4 is 5.32 Å². The molecule has 0 bridgehead atoms. The van der Waals surface area contributed by atoms with Crippen LogP contribution in [0, 0.1) is 5.92 Å². The minimum Gasteiger partial charge on any atom is -0.333 e. The van der Waals surface area contributed by atoms with E-state index >= 15 is 0 Å². The van der Waals surface area contributed by atoms with Gasteiger partial charge in [-0.15, -0.1) is 0 Å². The highest BCUT2D eigenvalue weighted by molar-refractivity contribution is 6.36. The van der Waals surface area contributed by atoms with Gasteiger partial charge in [0.05, 0.1) is 17.3 Å². The maximum Gasteiger partial charge on any atom is 0.244 e. The first-order chi connectivity index (χ1) is 10.0. The molecule has 0 spiro atoms. The molecule has 1 aliphatic carbocycles. The first-order valence-electron chi connectivity index (χ1n) is 7.05. The summed E-state index contributed by atoms with van der Waals surface area (Å²) in [6.07, 6.45) is 2.70. The van der Waals surface area contributed by atoms with Gasteiger partial charge in [0.25, 0.3) is 0 Å². The standard InChI is InChI=1S/C15H18Cl2N2O2/c1-2-7-19(15(21)10-3-4-10)9-14(20)18-13-6-5-11(16)8-12(13)17/h5-6,8,10H,2-4,7,9H2,1H3,(H,18,20). The number of carbonyl (C=O) groups is 2. The van der Waals surface area contributed by atoms with Crippen LogP contribution in [0.1, 0.15) is 26.2 Å². The fourth-order valence-corrected chi connectivity index (χ4v) is 2.54. The van der Waals surface area contributed by atoms with Crippen LogP contribution >= 0.6 is 23.2 Å². The number of nitrogens with zero attached hydrogens (tertiary/aromatic N) is 1. The summed E-state index contributed by atoms with van der Waals surface area (Å²) >= 11 is 11.8. The van der Waals surface area contributed by atoms with Crippen molar-refractivity contribution in [3.8, 4) is 0 Å². The third-order valence-electron chi connectivity index (χ3n) is 3.27. The van der Waals surface area contributed by atoms with Crippen molar-refractivity contribution in [3.05, 3.63) is 28.2 Å². The number of amides is 2. The highest BCUT2D eigenvalue weighted by atomic mass is 35.5. The summed E-state index contributed by atoms with van der Waals surface area (Å²) in [5.41, 5.74) is 0.501. The highest BCUT2D eigenvalue weighted by Crippen LogP contribution is 2.31. The number of benzene rings is 1. The van der Waals surface area contributed by atoms with Gasteiger partial charge in [-0.1, -0.05) is 30.1 Å². The molecule has 1 N–H and O–H groups in total. The van der Waals surface area contributed by atoms with Gasteiger partial charge in [0.2, 0.25) is 11.8 Å². The molecule has 114 valence electrons. The largest absolute Gasteiger partial charge is 0.333 e. The second-order valence-corrected chi connectivity index (χ2v) is 6.05. The molecule has 1 aliphatic rings. The van der Waals surface area contributed by atoms with Crippen LogP contribution in [0.25, 0.3) is 0 Å². The van der Waals surface area contributed by atoms with Crippen LogP contribution in [0.3, 0.4) is 0 Å². The summed E-state index contributed by atoms with van der Waals surface area (Å²) in [5.74, 6) is -0.0562. The molecule has 0 aliphatic heterocycles. The summed E-state index contributed by atoms with van der Waals surface area (Å²) in [6, 6.07) is 4.87. The Labute approximate surface area is 134 Å². The van der Waals surface area contributed by atoms with Crippen LogP contribution in [0.4, 0.5) is 5.69 Å². The number of halogens is 2. The molecule has 21 heavy (non-hydrogen) atoms. The number of nitrogens with one attached hydrogen (secondary N) is 1. The lowest BCUT2D eigenvalue weighted by Gasteiger charge is -2.21. The van der Waals surface area contributed by atoms with E-state index in [1.54, 1.807) is 23.1 Å². The van der Waals surface area contributed by atoms with E-state index in [0.717, 1.165) is 19.3 Å². The molecular weight excluding hydrogens is 311 g/mol. The number of carbonyl (C=O) groups excluding carboxylic acids is 2. The van der Waals surface area contributed by atoms with Crippen LogP contribution in [0.2, 0.25) is 10.0 Å². The Kier molecular flexibility index (Phi) is 5.48. The Hall–Kier alpha value is -1.26. The maximum atomic E-state index is 12.1. The quantitative estimate of drug-likeness (QED) is 0.867. The van der Waals surface area contributed by atoms with Gasteiger partial charge in [-0.2, -0.15) is 0 Å². The van der Waals surface area contributed by atoms with Crippen molar-refractivity contribution in [2.75, 3.05) is 18.4 Å². The molecule has 1 saturated carbocycles. The molecular formula is C15H18Cl2N2O2. The Morgan fingerprint density at radius 1 is 1.33 bits per heavy atom. The Morgan fingerprint density at radius 2 is 2.05 bits per heavy atom. The first kappa shape index (κ1) is 16.1. The van der Waals surface area contributed by atoms with Crippen molar-refractivity contribution in [1.29, 1.82) is 0 Å². The second-order valence-electron chi connectivity index (χ2n) is 5.21. The van der Waals surface area contributed by atoms with E-state index in [0.29, 0.717) is 22.3 Å². The third kappa shape index (κ3) is 4.61. The van der Waals surface area contributed by atoms with Crippen molar-refractivity contribution in [2.24, 2.45) is 5.92 Å². The van der Waals surface area contributed by atoms with E-state index in [4.69, 9.17) is 23.2 Å². The van der Waals surface area contributed by atoms with E-state index in [1.807, 2.05) is 6.92 Å². The van der Waals surface area contributed by atoms with E-state index in [2.05, 4.69) is 5.32 Å². The van der Waals surface area contributed by atoms with Gasteiger partial charge in [-0.05, 0) is 37.5 Å². The summed E-state index contributed by atoms with van der Waals surface area (Å²) < 4.78 is 0. The van der Waals surface area contributed by atoms with Gasteiger partial charge in [-0.25, -0.2) is 0 Å². The molecule has 1 aromatic rings. The minimum absolute atomic E-state index is 0.0577. The zero-order valence-corrected chi connectivity index (χ0v) is 13.4. The normalized spacial score (nSPS) is 13.9. The second kappa shape index (κ2) is 7.14. The van der Waals surface area contributed by atoms with Gasteiger partial charge < -0.3 is 10.2 Å². The average molecular weight is 329 g/mol. The lowest BCUT2D eigenvalue weighted by molar-refractivity contribution is -0.135. The summed E-state index contributed by atoms with van der Waals surface area (Å²) in [6.45, 7) is 2.64. The SMILES string of the molecule is CCCN(CC(=O)Nc1ccc(Cl)cc1Cl)C(=O)C1CC1. The predicted octanol–water partition coefficient (Wildman–Crippen LogP) is 3.58. The maximum absolute atomic E-state index is 12.1. The number of anilines is 1. The van der Waals surface area contributed by atoms with Gasteiger partial charge >= 0.3 is 0 Å². The van der Waals surface area contributed by atoms with Crippen molar-refractivity contribution < 1.29 is 9.59 Å². The molecule has 2 rings (SSSR count). The van der Waals surface area contributed by atoms with Crippen LogP contribution in [0.5, 0.6) is 0 Å². The fraction of sp³-hybridized carbons (Fsp3) is 0.467. The highest BCUT2D eigenvalue weighted by Gasteiger charge is 2.33. The molecule has 0 heterocycles. The van der Waals surface area contributed by atoms with Crippen LogP contribution in [-0.2, 0) is 9.59 Å². The monoisotopic (exact) mass is 328 g/mol. The number of hydrogen-bond donors (Lipinski definition) is 1. The van der Waals surface area contributed by atoms with E-state index < -0.39 is 0 Å². The molecule has 0 radical (unpaired) electrons. The van der Waals surface area contributed by atoms with Crippen molar-refractivity contribution in [2.45, 2.75) is 26.2 Å². The van der Waals surface area contributed by atoms with E-state index in [1.165, 1.54) is 0 Å². The predicted molar refractivity (Wildman–Crippen MR) is 84.7 cm³/mol. The third-order valence-corrected chi connectivity index (χ3v) is 3.82. The molecule has 1 fully saturated rings. The summed E-state index contributed by atoms with van der Waals surface area (Å²) in [4.78, 5) is 25.8. The smallest absolute Gasteiger partial charge is 0.244 e. The van der Waals surface area contributed by atoms with Crippen molar-refractivity contribution >= 4 is 40.7 Å². The Morgan fingerprint density at radius 3 is 2.62 bits per heavy atom. The molecule has 2 amide bonds. The molecule has 0 unspecified atom stereocenters. The molecule has 0 atom stereocenters. The van der Waals surface area contributed by atoms with Gasteiger partial charge in [-0.3, -0.25) is 9.59 Å². The fourth-order valence-electron chi connectivity index (χ4n) is 2.08. The molecule has 0 saturated heterocycles. The number of hydrogen-bond acceptors (Lipinski definition) is 2. The average Bonchev–Trinajstić information content (AvgIpc) is 3.25. The summed E-state index contributed by atoms with van der Waals surface area (Å²) in [7, 11) is 0. The Balaban J connectivity index is 1.96. The molecule has 0 aromatic heterocycles. The first-order valence-corrected chi connectivity index (χ1v) is 7.80. The summed E-state index contributed by atoms with van der Waals surface area (Å²) in [5, 5.41) is 3.61. The Bertz CT molecular complexity index is 544. The van der Waals surface area contributed by atoms with Crippen LogP contribution in [-0.4, -0.2) is 29.8 Å². The zero-order valence-electron chi connectivity index (χ0n) is 11.9. The zero-order chi connectivity index (χ0) is 15.4. The van der Waals surface area contributed by atoms with E-state index in [9.17, 15) is 9.59 Å². The van der Waals surface area contributed by atoms with Gasteiger partial charge in [0.1, 0.15) is 0 Å². The van der Waals surface area contributed by atoms with Crippen LogP contribution in [0.15, 0.2) is 18.2 Å². The van der Waals surface area contributed by atoms with Gasteiger partial charge in [0, 0.05) is 17.5 Å². The topological polar surface area (TPSA) is 49.4 Å². The van der Waals surface area contributed by atoms with E-state index in [-0.39, 0.29) is 24.3 Å². The van der Waals surface area contributed by atoms with Gasteiger partial charge in [0.15, 0.2) is 0 Å².